The number of aliphatic hydroxyl groups excluding tert-OH is 1. The van der Waals surface area contributed by atoms with E-state index in [0.29, 0.717) is 25.3 Å². The Hall–Kier alpha value is -2.55. The zero-order valence-corrected chi connectivity index (χ0v) is 14.9. The highest BCUT2D eigenvalue weighted by atomic mass is 16.3. The van der Waals surface area contributed by atoms with Crippen LogP contribution in [-0.4, -0.2) is 73.9 Å². The van der Waals surface area contributed by atoms with Crippen LogP contribution < -0.4 is 5.32 Å². The van der Waals surface area contributed by atoms with E-state index in [1.165, 1.54) is 31.1 Å². The molecule has 1 aromatic heterocycles. The second kappa shape index (κ2) is 6.99. The highest BCUT2D eigenvalue weighted by Crippen LogP contribution is 2.38. The minimum absolute atomic E-state index is 0.115. The van der Waals surface area contributed by atoms with Gasteiger partial charge in [0.2, 0.25) is 11.8 Å². The number of hydrogen-bond donors (Lipinski definition) is 2. The fourth-order valence-corrected chi connectivity index (χ4v) is 3.77. The molecule has 1 aromatic rings. The van der Waals surface area contributed by atoms with Crippen molar-refractivity contribution in [3.8, 4) is 0 Å². The van der Waals surface area contributed by atoms with Gasteiger partial charge in [0.1, 0.15) is 11.6 Å². The number of likely N-dealkylation sites (tertiary alicyclic amines) is 2. The molecule has 140 valence electrons. The first-order valence-corrected chi connectivity index (χ1v) is 8.67. The molecule has 3 amide bonds. The van der Waals surface area contributed by atoms with E-state index in [4.69, 9.17) is 0 Å². The average molecular weight is 361 g/mol. The van der Waals surface area contributed by atoms with Gasteiger partial charge in [0.05, 0.1) is 19.2 Å². The molecule has 3 rings (SSSR count). The van der Waals surface area contributed by atoms with E-state index >= 15 is 0 Å². The van der Waals surface area contributed by atoms with Gasteiger partial charge in [-0.1, -0.05) is 0 Å². The van der Waals surface area contributed by atoms with Crippen LogP contribution in [0.2, 0.25) is 0 Å². The van der Waals surface area contributed by atoms with Gasteiger partial charge in [0.15, 0.2) is 5.82 Å². The SMILES string of the molecule is CC(=O)N1CCCC12CN(CC(=O)NC(c1ncccn1)[C@@H](C)O)C2=O. The lowest BCUT2D eigenvalue weighted by atomic mass is 9.85. The van der Waals surface area contributed by atoms with E-state index in [0.717, 1.165) is 6.42 Å². The van der Waals surface area contributed by atoms with Crippen molar-refractivity contribution in [3.05, 3.63) is 24.3 Å². The number of β-lactam (4-membered cyclic amide) rings is 1. The largest absolute Gasteiger partial charge is 0.391 e. The lowest BCUT2D eigenvalue weighted by molar-refractivity contribution is -0.168. The van der Waals surface area contributed by atoms with Gasteiger partial charge in [-0.2, -0.15) is 0 Å². The number of nitrogens with zero attached hydrogens (tertiary/aromatic N) is 4. The Bertz CT molecular complexity index is 710. The Balaban J connectivity index is 1.61. The van der Waals surface area contributed by atoms with E-state index in [-0.39, 0.29) is 18.4 Å². The molecule has 0 radical (unpaired) electrons. The van der Waals surface area contributed by atoms with Gasteiger partial charge < -0.3 is 20.2 Å². The summed E-state index contributed by atoms with van der Waals surface area (Å²) in [4.78, 5) is 47.9. The monoisotopic (exact) mass is 361 g/mol. The molecule has 3 atom stereocenters. The predicted molar refractivity (Wildman–Crippen MR) is 90.5 cm³/mol. The number of amides is 3. The average Bonchev–Trinajstić information content (AvgIpc) is 3.06. The van der Waals surface area contributed by atoms with Crippen molar-refractivity contribution in [3.63, 3.8) is 0 Å². The van der Waals surface area contributed by atoms with Crippen LogP contribution in [0.5, 0.6) is 0 Å². The Morgan fingerprint density at radius 2 is 2.08 bits per heavy atom. The lowest BCUT2D eigenvalue weighted by Crippen LogP contribution is -2.73. The third-order valence-corrected chi connectivity index (χ3v) is 5.00. The summed E-state index contributed by atoms with van der Waals surface area (Å²) >= 11 is 0. The fourth-order valence-electron chi connectivity index (χ4n) is 3.77. The summed E-state index contributed by atoms with van der Waals surface area (Å²) in [6, 6.07) is 0.888. The molecule has 2 N–H and O–H groups in total. The van der Waals surface area contributed by atoms with E-state index in [1.807, 2.05) is 0 Å². The molecule has 9 heteroatoms. The second-order valence-corrected chi connectivity index (χ2v) is 6.86. The topological polar surface area (TPSA) is 116 Å². The minimum Gasteiger partial charge on any atom is -0.391 e. The Morgan fingerprint density at radius 3 is 2.65 bits per heavy atom. The molecule has 2 aliphatic heterocycles. The molecule has 1 spiro atoms. The molecule has 0 saturated carbocycles. The normalized spacial score (nSPS) is 24.3. The summed E-state index contributed by atoms with van der Waals surface area (Å²) in [6.45, 7) is 3.82. The third kappa shape index (κ3) is 3.14. The van der Waals surface area contributed by atoms with Crippen LogP contribution in [0.4, 0.5) is 0 Å². The molecular formula is C17H23N5O4. The number of aliphatic hydroxyl groups is 1. The van der Waals surface area contributed by atoms with E-state index in [1.54, 1.807) is 11.0 Å². The Morgan fingerprint density at radius 1 is 1.38 bits per heavy atom. The van der Waals surface area contributed by atoms with Crippen LogP contribution in [0, 0.1) is 0 Å². The first-order valence-electron chi connectivity index (χ1n) is 8.67. The summed E-state index contributed by atoms with van der Waals surface area (Å²) < 4.78 is 0. The van der Waals surface area contributed by atoms with Crippen molar-refractivity contribution in [1.82, 2.24) is 25.1 Å². The Labute approximate surface area is 151 Å². The first kappa shape index (κ1) is 18.2. The molecule has 3 heterocycles. The quantitative estimate of drug-likeness (QED) is 0.666. The maximum absolute atomic E-state index is 12.6. The van der Waals surface area contributed by atoms with Crippen LogP contribution in [-0.2, 0) is 14.4 Å². The number of rotatable bonds is 5. The van der Waals surface area contributed by atoms with Crippen molar-refractivity contribution in [2.75, 3.05) is 19.6 Å². The van der Waals surface area contributed by atoms with Gasteiger partial charge in [0, 0.05) is 25.9 Å². The number of carbonyl (C=O) groups is 3. The van der Waals surface area contributed by atoms with Crippen LogP contribution >= 0.6 is 0 Å². The second-order valence-electron chi connectivity index (χ2n) is 6.86. The highest BCUT2D eigenvalue weighted by molar-refractivity contribution is 5.99. The van der Waals surface area contributed by atoms with Gasteiger partial charge in [0.25, 0.3) is 5.91 Å². The fraction of sp³-hybridized carbons (Fsp3) is 0.588. The minimum atomic E-state index is -0.886. The first-order chi connectivity index (χ1) is 12.3. The van der Waals surface area contributed by atoms with E-state index < -0.39 is 23.6 Å². The molecule has 2 saturated heterocycles. The number of carbonyl (C=O) groups excluding carboxylic acids is 3. The highest BCUT2D eigenvalue weighted by Gasteiger charge is 2.59. The Kier molecular flexibility index (Phi) is 4.90. The lowest BCUT2D eigenvalue weighted by Gasteiger charge is -2.50. The van der Waals surface area contributed by atoms with Crippen LogP contribution in [0.25, 0.3) is 0 Å². The van der Waals surface area contributed by atoms with Gasteiger partial charge in [-0.25, -0.2) is 9.97 Å². The van der Waals surface area contributed by atoms with Gasteiger partial charge in [-0.15, -0.1) is 0 Å². The number of nitrogens with one attached hydrogen (secondary N) is 1. The summed E-state index contributed by atoms with van der Waals surface area (Å²) in [5, 5.41) is 12.6. The summed E-state index contributed by atoms with van der Waals surface area (Å²) in [6.07, 6.45) is 3.60. The van der Waals surface area contributed by atoms with Crippen molar-refractivity contribution in [2.45, 2.75) is 44.4 Å². The maximum Gasteiger partial charge on any atom is 0.250 e. The molecule has 2 fully saturated rings. The summed E-state index contributed by atoms with van der Waals surface area (Å²) in [5.74, 6) is -0.403. The van der Waals surface area contributed by atoms with Crippen molar-refractivity contribution in [2.24, 2.45) is 0 Å². The van der Waals surface area contributed by atoms with Crippen molar-refractivity contribution < 1.29 is 19.5 Å². The third-order valence-electron chi connectivity index (χ3n) is 5.00. The molecule has 9 nitrogen and oxygen atoms in total. The van der Waals surface area contributed by atoms with Crippen LogP contribution in [0.15, 0.2) is 18.5 Å². The summed E-state index contributed by atoms with van der Waals surface area (Å²) in [7, 11) is 0. The standard InChI is InChI=1S/C17H23N5O4/c1-11(23)14(15-18-6-4-7-19-15)20-13(25)9-21-10-17(16(21)26)5-3-8-22(17)12(2)24/h4,6-7,11,14,23H,3,5,8-10H2,1-2H3,(H,20,25)/t11-,14?,17?/m1/s1. The van der Waals surface area contributed by atoms with E-state index in [2.05, 4.69) is 15.3 Å². The molecule has 26 heavy (non-hydrogen) atoms. The van der Waals surface area contributed by atoms with Gasteiger partial charge in [-0.05, 0) is 25.8 Å². The van der Waals surface area contributed by atoms with Crippen molar-refractivity contribution >= 4 is 17.7 Å². The zero-order valence-electron chi connectivity index (χ0n) is 14.9. The number of hydrogen-bond acceptors (Lipinski definition) is 6. The molecule has 2 aliphatic rings. The molecule has 0 bridgehead atoms. The predicted octanol–water partition coefficient (Wildman–Crippen LogP) is -0.762. The zero-order chi connectivity index (χ0) is 18.9. The molecule has 0 aliphatic carbocycles. The smallest absolute Gasteiger partial charge is 0.250 e. The molecule has 2 unspecified atom stereocenters. The number of aromatic nitrogens is 2. The summed E-state index contributed by atoms with van der Waals surface area (Å²) in [5.41, 5.74) is -0.766. The van der Waals surface area contributed by atoms with Crippen LogP contribution in [0.1, 0.15) is 38.6 Å². The van der Waals surface area contributed by atoms with Gasteiger partial charge >= 0.3 is 0 Å². The van der Waals surface area contributed by atoms with Gasteiger partial charge in [-0.3, -0.25) is 14.4 Å². The molecular weight excluding hydrogens is 338 g/mol. The molecule has 0 aromatic carbocycles. The van der Waals surface area contributed by atoms with E-state index in [9.17, 15) is 19.5 Å². The van der Waals surface area contributed by atoms with Crippen molar-refractivity contribution in [1.29, 1.82) is 0 Å². The van der Waals surface area contributed by atoms with Crippen LogP contribution in [0.3, 0.4) is 0 Å². The maximum atomic E-state index is 12.6.